The molecule has 5 fully saturated rings. The molecule has 0 spiro atoms. The van der Waals surface area contributed by atoms with Gasteiger partial charge in [-0.05, 0) is 288 Å². The van der Waals surface area contributed by atoms with Crippen molar-refractivity contribution in [3.63, 3.8) is 0 Å². The maximum atomic E-state index is 13.3. The Morgan fingerprint density at radius 1 is 0.538 bits per heavy atom. The minimum absolute atomic E-state index is 0. The maximum absolute atomic E-state index is 13.3. The number of carbonyl (C=O) groups excluding carboxylic acids is 4. The predicted octanol–water partition coefficient (Wildman–Crippen LogP) is 19.8. The van der Waals surface area contributed by atoms with E-state index in [0.717, 1.165) is 134 Å². The van der Waals surface area contributed by atoms with Crippen LogP contribution >= 0.6 is 24.4 Å². The zero-order chi connectivity index (χ0) is 106. The number of carboxylic acids is 1. The number of carboxylic acid groups (broad SMARTS) is 1. The van der Waals surface area contributed by atoms with E-state index in [0.29, 0.717) is 92.1 Å². The van der Waals surface area contributed by atoms with Crippen molar-refractivity contribution >= 4 is 116 Å². The van der Waals surface area contributed by atoms with Crippen molar-refractivity contribution in [1.29, 1.82) is 0 Å². The number of aliphatic carboxylic acids is 1. The fourth-order valence-electron chi connectivity index (χ4n) is 17.6. The number of fused-ring (bicyclic) bond motifs is 6. The van der Waals surface area contributed by atoms with E-state index in [1.807, 2.05) is 34.6 Å². The van der Waals surface area contributed by atoms with E-state index in [1.165, 1.54) is 13.0 Å². The zero-order valence-electron chi connectivity index (χ0n) is 89.5. The van der Waals surface area contributed by atoms with E-state index in [9.17, 15) is 60.7 Å². The number of hydrogen-bond acceptors (Lipinski definition) is 31. The number of rotatable bonds is 58. The van der Waals surface area contributed by atoms with Crippen molar-refractivity contribution < 1.29 is 174 Å². The molecule has 15 atom stereocenters. The van der Waals surface area contributed by atoms with Crippen LogP contribution in [0.3, 0.4) is 0 Å². The first-order valence-electron chi connectivity index (χ1n) is 49.7. The normalized spacial score (nSPS) is 23.8. The van der Waals surface area contributed by atoms with Crippen LogP contribution in [0.5, 0.6) is 0 Å². The zero-order valence-corrected chi connectivity index (χ0v) is 99.9. The first-order chi connectivity index (χ1) is 65.2. The van der Waals surface area contributed by atoms with Gasteiger partial charge in [0.25, 0.3) is 10.1 Å². The molecule has 143 heavy (non-hydrogen) atoms. The molecule has 41 heteroatoms. The van der Waals surface area contributed by atoms with E-state index in [2.05, 4.69) is 190 Å². The first-order valence-corrected chi connectivity index (χ1v) is 68.2. The van der Waals surface area contributed by atoms with E-state index < -0.39 is 90.3 Å². The number of thiol groups is 1. The topological polar surface area (TPSA) is 440 Å². The van der Waals surface area contributed by atoms with Gasteiger partial charge in [-0.2, -0.15) is 32.8 Å². The summed E-state index contributed by atoms with van der Waals surface area (Å²) in [7, 11) is -17.9. The molecule has 6 bridgehead atoms. The van der Waals surface area contributed by atoms with E-state index in [-0.39, 0.29) is 187 Å². The Morgan fingerprint density at radius 3 is 1.21 bits per heavy atom. The van der Waals surface area contributed by atoms with Gasteiger partial charge in [-0.15, -0.1) is 0 Å². The van der Waals surface area contributed by atoms with Crippen LogP contribution in [0.1, 0.15) is 223 Å². The van der Waals surface area contributed by atoms with Crippen molar-refractivity contribution in [3.05, 3.63) is 121 Å². The van der Waals surface area contributed by atoms with E-state index >= 15 is 0 Å². The summed E-state index contributed by atoms with van der Waals surface area (Å²) in [5.41, 5.74) is 0.0556. The maximum Gasteiger partial charge on any atom is 1.00 e. The van der Waals surface area contributed by atoms with Gasteiger partial charge in [0.15, 0.2) is 56.3 Å². The van der Waals surface area contributed by atoms with Crippen LogP contribution in [0.4, 0.5) is 0 Å². The predicted molar refractivity (Wildman–Crippen MR) is 579 cm³/mol. The fraction of sp³-hybridized carbons (Fsp3) is 0.755. The third kappa shape index (κ3) is 54.8. The fourth-order valence-corrected chi connectivity index (χ4v) is 37.8. The van der Waals surface area contributed by atoms with Gasteiger partial charge in [0.05, 0.1) is 45.3 Å². The van der Waals surface area contributed by atoms with E-state index in [1.54, 1.807) is 18.7 Å². The van der Waals surface area contributed by atoms with Crippen LogP contribution in [-0.4, -0.2) is 255 Å². The average Bonchev–Trinajstić information content (AvgIpc) is 1.59. The third-order valence-electron chi connectivity index (χ3n) is 26.5. The number of carbonyl (C=O) groups is 5. The second-order valence-electron chi connectivity index (χ2n) is 41.4. The summed E-state index contributed by atoms with van der Waals surface area (Å²) in [6.45, 7) is 61.8. The Balaban J connectivity index is 0. The molecule has 0 radical (unpaired) electrons. The number of aliphatic hydroxyl groups excluding tert-OH is 4. The molecule has 0 aromatic rings. The number of epoxide rings is 1. The first kappa shape index (κ1) is 141. The van der Waals surface area contributed by atoms with Gasteiger partial charge in [-0.1, -0.05) is 118 Å². The SMILES string of the molecule is C.C.C1=CCC=C1.C=C(C)C(=O)O.C=C(C)C(=O)O/C(=C\O)COCCC[Si](C)(OC(C)C)C(C)C.CC(C)O[Si](C)(CCCOC/C(=C/O)OC(=O)C1(C)CC2C=CC1C2)C(C)C.CC(C)O[Si](C)(CCCOC/C(=C/O)OC(=O)C1(C)CC2C=CC1C2)O[Si](C)(CCCOC/C(=C/O)OC(=O)C1(C)CC2CC1CC2SCCS(=O)(=O)O)C(C)C.CCO[Si](C)(C)CCCOCC1CO1.O=S(=O)([O-])CCS.[Na+]. The number of thioether (sulfide) groups is 1. The average molecular weight is 2200 g/mol. The molecule has 31 nitrogen and oxygen atoms in total. The Labute approximate surface area is 897 Å². The summed E-state index contributed by atoms with van der Waals surface area (Å²) < 4.78 is 147. The Hall–Kier alpha value is -3.89. The number of allylic oxidation sites excluding steroid dienone is 8. The largest absolute Gasteiger partial charge is 1.00 e. The van der Waals surface area contributed by atoms with Gasteiger partial charge in [-0.25, -0.2) is 18.0 Å². The summed E-state index contributed by atoms with van der Waals surface area (Å²) in [4.78, 5) is 60.0. The number of hydrogen-bond donors (Lipinski definition) is 7. The molecule has 15 unspecified atom stereocenters. The van der Waals surface area contributed by atoms with Crippen molar-refractivity contribution in [1.82, 2.24) is 0 Å². The van der Waals surface area contributed by atoms with Crippen molar-refractivity contribution in [2.75, 3.05) is 102 Å². The standard InChI is InChI=1S/C40H68O13S2Si2.C22H38O5Si.C17H32O5Si.C10H22O3Si.C5H6.C4H6O2.C2H6O3S2.2CH4.Na/c1-28(2)52-57(8,18-10-14-49-27-34(24-41)50-37(43)39(5)22-30-11-12-32(39)19-30)53-56(7,29(3)4)17-9-13-48-26-35(25-42)51-38(44)40(6)23-31-20-33(40)21-36(31)54-15-16-55(45,46)47;1-16(2)27-28(6,17(3)4)11-7-10-25-15-20(14-23)26-21(24)22(5)13-18-8-9-19(22)12-18;1-13(2)17(19)21-16(11-18)12-20-9-8-10-23(7,15(5)6)22-14(3)4;1-4-13-14(2,3)7-5-6-11-8-10-9-12-10;1-2-4-5-3-1;1-3(2)4(5)6;3-7(4,5)2-1-6;;;/h11-12,24-25,28-33,36,41-42H,9-10,13-23,26-27H2,1-8H3,(H,45,46,47);8-9,14,16-19,23H,7,10-13,15H2,1-6H3;11,14-15,18H,1,8-10,12H2,2-7H3;10H,4-9H2,1-3H3;1-4H,5H2;1H2,2H3,(H,5,6);6H,1-2H2,(H,3,4,5);2*1H4;/q;;;;;;;;;+1/p-1/b34-24-,35-25-;20-14-;16-11-;;;;;;;. The molecule has 0 amide bonds. The second kappa shape index (κ2) is 69.6. The Morgan fingerprint density at radius 2 is 0.916 bits per heavy atom. The molecule has 1 heterocycles. The monoisotopic (exact) mass is 2200 g/mol. The van der Waals surface area contributed by atoms with E-state index in [4.69, 9.17) is 84.0 Å². The van der Waals surface area contributed by atoms with Crippen molar-refractivity contribution in [2.24, 2.45) is 51.8 Å². The van der Waals surface area contributed by atoms with Crippen LogP contribution in [0.2, 0.25) is 86.1 Å². The van der Waals surface area contributed by atoms with Gasteiger partial charge >= 0.3 is 68.0 Å². The van der Waals surface area contributed by atoms with Gasteiger partial charge in [0.1, 0.15) is 57.6 Å². The van der Waals surface area contributed by atoms with Crippen LogP contribution in [0.15, 0.2) is 121 Å². The van der Waals surface area contributed by atoms with Gasteiger partial charge in [-0.3, -0.25) is 18.9 Å². The smallest absolute Gasteiger partial charge is 0.748 e. The molecule has 8 aliphatic rings. The minimum atomic E-state index is -4.00. The second-order valence-corrected chi connectivity index (χ2v) is 67.8. The van der Waals surface area contributed by atoms with Crippen LogP contribution in [0.25, 0.3) is 0 Å². The van der Waals surface area contributed by atoms with Crippen LogP contribution in [0, 0.1) is 51.8 Å². The number of aliphatic hydroxyl groups is 4. The molecule has 1 aliphatic heterocycles. The molecule has 8 rings (SSSR count). The molecule has 4 saturated carbocycles. The van der Waals surface area contributed by atoms with Crippen LogP contribution < -0.4 is 29.6 Å². The van der Waals surface area contributed by atoms with Crippen molar-refractivity contribution in [3.8, 4) is 0 Å². The summed E-state index contributed by atoms with van der Waals surface area (Å²) in [6, 6.07) is 4.74. The molecule has 7 aliphatic carbocycles. The van der Waals surface area contributed by atoms with Gasteiger partial charge in [0.2, 0.25) is 0 Å². The molecule has 6 N–H and O–H groups in total. The molecule has 1 saturated heterocycles. The summed E-state index contributed by atoms with van der Waals surface area (Å²) in [6.07, 6.45) is 32.3. The number of ether oxygens (including phenoxy) is 10. The molecule has 824 valence electrons. The van der Waals surface area contributed by atoms with Crippen LogP contribution in [-0.2, 0) is 113 Å². The van der Waals surface area contributed by atoms with Crippen molar-refractivity contribution in [2.45, 2.75) is 339 Å². The molecular weight excluding hydrogens is 2010 g/mol. The van der Waals surface area contributed by atoms with Gasteiger partial charge in [0, 0.05) is 91.6 Å². The van der Waals surface area contributed by atoms with Gasteiger partial charge < -0.3 is 99.3 Å². The Kier molecular flexibility index (Phi) is 68.7. The summed E-state index contributed by atoms with van der Waals surface area (Å²) >= 11 is 5.07. The minimum Gasteiger partial charge on any atom is -0.748 e. The molecule has 0 aromatic heterocycles. The number of esters is 4. The quantitative estimate of drug-likeness (QED) is 0.00284. The molecule has 0 aromatic carbocycles. The molecular formula is C102H185NaO31S4Si5. The summed E-state index contributed by atoms with van der Waals surface area (Å²) in [5.74, 6) is -0.633. The third-order valence-corrected chi connectivity index (χ3v) is 52.0. The summed E-state index contributed by atoms with van der Waals surface area (Å²) in [5, 5.41) is 46.3. The Bertz CT molecular complexity index is 4260.